The van der Waals surface area contributed by atoms with E-state index in [9.17, 15) is 9.90 Å². The van der Waals surface area contributed by atoms with E-state index in [-0.39, 0.29) is 12.3 Å². The predicted molar refractivity (Wildman–Crippen MR) is 78.5 cm³/mol. The number of aliphatic hydroxyl groups excluding tert-OH is 1. The van der Waals surface area contributed by atoms with E-state index in [0.717, 1.165) is 31.3 Å². The maximum Gasteiger partial charge on any atom is 0.358 e. The first kappa shape index (κ1) is 13.8. The molecule has 110 valence electrons. The second-order valence-electron chi connectivity index (χ2n) is 5.33. The summed E-state index contributed by atoms with van der Waals surface area (Å²) in [4.78, 5) is 13.5. The standard InChI is InChI=1S/C15H17N3O3/c19-8-6-10-5-7-18(9-10)14-11-3-1-2-4-12(11)16-17-13(14)15(20)21/h1-4,10,19H,5-9H2,(H,20,21). The van der Waals surface area contributed by atoms with Gasteiger partial charge in [0.2, 0.25) is 0 Å². The van der Waals surface area contributed by atoms with Gasteiger partial charge in [-0.25, -0.2) is 4.79 Å². The Bertz CT molecular complexity index is 674. The van der Waals surface area contributed by atoms with Gasteiger partial charge in [-0.05, 0) is 24.8 Å². The zero-order valence-corrected chi connectivity index (χ0v) is 11.6. The van der Waals surface area contributed by atoms with Gasteiger partial charge >= 0.3 is 5.97 Å². The van der Waals surface area contributed by atoms with Crippen molar-refractivity contribution in [3.05, 3.63) is 30.0 Å². The molecule has 0 saturated carbocycles. The highest BCUT2D eigenvalue weighted by molar-refractivity contribution is 6.02. The Hall–Kier alpha value is -2.21. The number of rotatable bonds is 4. The molecule has 3 rings (SSSR count). The maximum atomic E-state index is 11.5. The molecule has 1 fully saturated rings. The fourth-order valence-corrected chi connectivity index (χ4v) is 2.96. The van der Waals surface area contributed by atoms with Crippen LogP contribution in [0.15, 0.2) is 24.3 Å². The van der Waals surface area contributed by atoms with Crippen LogP contribution in [0.2, 0.25) is 0 Å². The van der Waals surface area contributed by atoms with E-state index < -0.39 is 5.97 Å². The number of aromatic carboxylic acids is 1. The highest BCUT2D eigenvalue weighted by Gasteiger charge is 2.28. The van der Waals surface area contributed by atoms with Crippen molar-refractivity contribution in [1.82, 2.24) is 10.2 Å². The molecule has 1 aromatic heterocycles. The van der Waals surface area contributed by atoms with Crippen molar-refractivity contribution in [1.29, 1.82) is 0 Å². The Morgan fingerprint density at radius 1 is 1.33 bits per heavy atom. The molecule has 0 bridgehead atoms. The molecule has 0 spiro atoms. The molecule has 1 aliphatic heterocycles. The number of hydrogen-bond donors (Lipinski definition) is 2. The number of aromatic nitrogens is 2. The molecule has 6 heteroatoms. The Balaban J connectivity index is 2.07. The molecular weight excluding hydrogens is 270 g/mol. The molecule has 2 N–H and O–H groups in total. The van der Waals surface area contributed by atoms with Crippen LogP contribution in [0.25, 0.3) is 10.9 Å². The summed E-state index contributed by atoms with van der Waals surface area (Å²) in [6.07, 6.45) is 1.70. The third-order valence-corrected chi connectivity index (χ3v) is 3.98. The maximum absolute atomic E-state index is 11.5. The van der Waals surface area contributed by atoms with Crippen molar-refractivity contribution < 1.29 is 15.0 Å². The van der Waals surface area contributed by atoms with Gasteiger partial charge in [0.15, 0.2) is 5.69 Å². The SMILES string of the molecule is O=C(O)c1nnc2ccccc2c1N1CCC(CCO)C1. The number of carbonyl (C=O) groups is 1. The molecule has 1 atom stereocenters. The van der Waals surface area contributed by atoms with Crippen LogP contribution >= 0.6 is 0 Å². The third-order valence-electron chi connectivity index (χ3n) is 3.98. The molecule has 21 heavy (non-hydrogen) atoms. The Kier molecular flexibility index (Phi) is 3.70. The highest BCUT2D eigenvalue weighted by Crippen LogP contribution is 2.33. The van der Waals surface area contributed by atoms with Crippen LogP contribution in [-0.4, -0.2) is 46.1 Å². The van der Waals surface area contributed by atoms with Crippen molar-refractivity contribution >= 4 is 22.6 Å². The first-order valence-corrected chi connectivity index (χ1v) is 7.05. The number of aliphatic hydroxyl groups is 1. The minimum Gasteiger partial charge on any atom is -0.476 e. The topological polar surface area (TPSA) is 86.5 Å². The lowest BCUT2D eigenvalue weighted by atomic mass is 10.1. The minimum absolute atomic E-state index is 0.00153. The molecule has 2 aromatic rings. The van der Waals surface area contributed by atoms with Gasteiger partial charge in [0.05, 0.1) is 11.2 Å². The molecule has 2 heterocycles. The molecule has 1 aliphatic rings. The summed E-state index contributed by atoms with van der Waals surface area (Å²) in [5.74, 6) is -0.669. The lowest BCUT2D eigenvalue weighted by Gasteiger charge is -2.21. The summed E-state index contributed by atoms with van der Waals surface area (Å²) in [5, 5.41) is 27.1. The zero-order chi connectivity index (χ0) is 14.8. The van der Waals surface area contributed by atoms with Gasteiger partial charge in [-0.2, -0.15) is 0 Å². The quantitative estimate of drug-likeness (QED) is 0.887. The van der Waals surface area contributed by atoms with Crippen LogP contribution in [0, 0.1) is 5.92 Å². The van der Waals surface area contributed by atoms with E-state index in [1.165, 1.54) is 0 Å². The normalized spacial score (nSPS) is 18.3. The van der Waals surface area contributed by atoms with Crippen molar-refractivity contribution in [3.8, 4) is 0 Å². The number of anilines is 1. The third kappa shape index (κ3) is 2.54. The second kappa shape index (κ2) is 5.65. The zero-order valence-electron chi connectivity index (χ0n) is 11.6. The fourth-order valence-electron chi connectivity index (χ4n) is 2.96. The van der Waals surface area contributed by atoms with Gasteiger partial charge in [0.25, 0.3) is 0 Å². The number of hydrogen-bond acceptors (Lipinski definition) is 5. The molecule has 0 radical (unpaired) electrons. The van der Waals surface area contributed by atoms with Crippen LogP contribution in [0.3, 0.4) is 0 Å². The smallest absolute Gasteiger partial charge is 0.358 e. The summed E-state index contributed by atoms with van der Waals surface area (Å²) in [5.41, 5.74) is 1.34. The molecule has 1 aromatic carbocycles. The van der Waals surface area contributed by atoms with E-state index in [1.54, 1.807) is 0 Å². The van der Waals surface area contributed by atoms with Crippen LogP contribution in [0.5, 0.6) is 0 Å². The summed E-state index contributed by atoms with van der Waals surface area (Å²) >= 11 is 0. The summed E-state index contributed by atoms with van der Waals surface area (Å²) in [7, 11) is 0. The predicted octanol–water partition coefficient (Wildman–Crippen LogP) is 1.54. The van der Waals surface area contributed by atoms with Crippen LogP contribution in [0.4, 0.5) is 5.69 Å². The highest BCUT2D eigenvalue weighted by atomic mass is 16.4. The van der Waals surface area contributed by atoms with Crippen molar-refractivity contribution in [2.24, 2.45) is 5.92 Å². The van der Waals surface area contributed by atoms with E-state index in [0.29, 0.717) is 17.1 Å². The van der Waals surface area contributed by atoms with Gasteiger partial charge in [-0.3, -0.25) is 0 Å². The van der Waals surface area contributed by atoms with E-state index >= 15 is 0 Å². The Labute approximate surface area is 122 Å². The summed E-state index contributed by atoms with van der Waals surface area (Å²) < 4.78 is 0. The summed E-state index contributed by atoms with van der Waals surface area (Å²) in [6, 6.07) is 7.45. The molecule has 1 unspecified atom stereocenters. The number of benzene rings is 1. The van der Waals surface area contributed by atoms with E-state index in [1.807, 2.05) is 24.3 Å². The van der Waals surface area contributed by atoms with Crippen molar-refractivity contribution in [3.63, 3.8) is 0 Å². The van der Waals surface area contributed by atoms with Gasteiger partial charge in [-0.1, -0.05) is 18.2 Å². The molecular formula is C15H17N3O3. The van der Waals surface area contributed by atoms with E-state index in [2.05, 4.69) is 15.1 Å². The van der Waals surface area contributed by atoms with Gasteiger partial charge in [0, 0.05) is 25.1 Å². The van der Waals surface area contributed by atoms with Crippen LogP contribution in [-0.2, 0) is 0 Å². The molecule has 0 amide bonds. The minimum atomic E-state index is -1.06. The van der Waals surface area contributed by atoms with E-state index in [4.69, 9.17) is 5.11 Å². The molecule has 0 aliphatic carbocycles. The lowest BCUT2D eigenvalue weighted by molar-refractivity contribution is 0.0690. The number of carboxylic acids is 1. The van der Waals surface area contributed by atoms with Crippen molar-refractivity contribution in [2.45, 2.75) is 12.8 Å². The van der Waals surface area contributed by atoms with Crippen molar-refractivity contribution in [2.75, 3.05) is 24.6 Å². The number of fused-ring (bicyclic) bond motifs is 1. The van der Waals surface area contributed by atoms with Gasteiger partial charge < -0.3 is 15.1 Å². The first-order chi connectivity index (χ1) is 10.2. The lowest BCUT2D eigenvalue weighted by Crippen LogP contribution is -2.24. The fraction of sp³-hybridized carbons (Fsp3) is 0.400. The summed E-state index contributed by atoms with van der Waals surface area (Å²) in [6.45, 7) is 1.69. The molecule has 1 saturated heterocycles. The first-order valence-electron chi connectivity index (χ1n) is 7.05. The van der Waals surface area contributed by atoms with Gasteiger partial charge in [-0.15, -0.1) is 10.2 Å². The number of carboxylic acid groups (broad SMARTS) is 1. The van der Waals surface area contributed by atoms with Crippen LogP contribution in [0.1, 0.15) is 23.3 Å². The Morgan fingerprint density at radius 3 is 2.90 bits per heavy atom. The van der Waals surface area contributed by atoms with Gasteiger partial charge in [0.1, 0.15) is 0 Å². The average Bonchev–Trinajstić information content (AvgIpc) is 2.94. The average molecular weight is 287 g/mol. The second-order valence-corrected chi connectivity index (χ2v) is 5.33. The largest absolute Gasteiger partial charge is 0.476 e. The monoisotopic (exact) mass is 287 g/mol. The molecule has 6 nitrogen and oxygen atoms in total. The van der Waals surface area contributed by atoms with Crippen LogP contribution < -0.4 is 4.90 Å². The number of nitrogens with zero attached hydrogens (tertiary/aromatic N) is 3. The Morgan fingerprint density at radius 2 is 2.14 bits per heavy atom.